The summed E-state index contributed by atoms with van der Waals surface area (Å²) in [6.07, 6.45) is 1.59. The van der Waals surface area contributed by atoms with Gasteiger partial charge in [-0.2, -0.15) is 0 Å². The average Bonchev–Trinajstić information content (AvgIpc) is 2.42. The van der Waals surface area contributed by atoms with Crippen molar-refractivity contribution in [3.05, 3.63) is 28.5 Å². The van der Waals surface area contributed by atoms with Crippen LogP contribution in [0.2, 0.25) is 5.15 Å². The summed E-state index contributed by atoms with van der Waals surface area (Å²) in [7, 11) is 0. The number of hydrogen-bond donors (Lipinski definition) is 0. The molecular weight excluding hydrogens is 326 g/mol. The molecule has 0 aliphatic carbocycles. The normalized spacial score (nSPS) is 18.5. The quantitative estimate of drug-likeness (QED) is 0.757. The number of ether oxygens (including phenoxy) is 1. The van der Waals surface area contributed by atoms with E-state index in [-0.39, 0.29) is 11.6 Å². The number of aromatic nitrogens is 1. The summed E-state index contributed by atoms with van der Waals surface area (Å²) < 4.78 is 5.50. The van der Waals surface area contributed by atoms with Gasteiger partial charge in [0, 0.05) is 37.9 Å². The van der Waals surface area contributed by atoms with Gasteiger partial charge >= 0.3 is 6.09 Å². The fraction of sp³-hybridized carbons (Fsp3) is 0.667. The second-order valence-electron chi connectivity index (χ2n) is 8.09. The van der Waals surface area contributed by atoms with Crippen LogP contribution in [0.4, 0.5) is 4.79 Å². The largest absolute Gasteiger partial charge is 0.444 e. The predicted molar refractivity (Wildman–Crippen MR) is 96.3 cm³/mol. The monoisotopic (exact) mass is 353 g/mol. The van der Waals surface area contributed by atoms with Crippen molar-refractivity contribution in [2.75, 3.05) is 19.6 Å². The summed E-state index contributed by atoms with van der Waals surface area (Å²) >= 11 is 6.00. The van der Waals surface area contributed by atoms with E-state index in [1.54, 1.807) is 4.90 Å². The first-order chi connectivity index (χ1) is 11.0. The third-order valence-electron chi connectivity index (χ3n) is 4.17. The van der Waals surface area contributed by atoms with Crippen molar-refractivity contribution in [2.45, 2.75) is 59.2 Å². The van der Waals surface area contributed by atoms with Crippen LogP contribution in [-0.4, -0.2) is 51.7 Å². The van der Waals surface area contributed by atoms with Crippen LogP contribution in [0, 0.1) is 6.92 Å². The van der Waals surface area contributed by atoms with Crippen LogP contribution in [0.3, 0.4) is 0 Å². The van der Waals surface area contributed by atoms with Gasteiger partial charge in [-0.05, 0) is 52.7 Å². The summed E-state index contributed by atoms with van der Waals surface area (Å²) in [5.74, 6) is 0. The zero-order valence-electron chi connectivity index (χ0n) is 15.5. The summed E-state index contributed by atoms with van der Waals surface area (Å²) in [6, 6.07) is 2.08. The SMILES string of the molecule is Cc1cc(CN2CCN(C(=O)OC(C)(C)C)CC2(C)C)cnc1Cl. The van der Waals surface area contributed by atoms with Gasteiger partial charge in [-0.15, -0.1) is 0 Å². The molecule has 1 aliphatic rings. The summed E-state index contributed by atoms with van der Waals surface area (Å²) in [6.45, 7) is 14.8. The molecule has 0 spiro atoms. The molecule has 1 saturated heterocycles. The lowest BCUT2D eigenvalue weighted by Crippen LogP contribution is -2.60. The van der Waals surface area contributed by atoms with Crippen molar-refractivity contribution in [1.82, 2.24) is 14.8 Å². The van der Waals surface area contributed by atoms with Crippen LogP contribution in [0.1, 0.15) is 45.7 Å². The molecule has 1 amide bonds. The van der Waals surface area contributed by atoms with E-state index >= 15 is 0 Å². The van der Waals surface area contributed by atoms with E-state index in [4.69, 9.17) is 16.3 Å². The third-order valence-corrected chi connectivity index (χ3v) is 4.57. The molecule has 1 aromatic heterocycles. The average molecular weight is 354 g/mol. The Morgan fingerprint density at radius 1 is 1.38 bits per heavy atom. The molecule has 0 atom stereocenters. The number of halogens is 1. The number of aryl methyl sites for hydroxylation is 1. The molecule has 0 N–H and O–H groups in total. The number of pyridine rings is 1. The van der Waals surface area contributed by atoms with Crippen LogP contribution < -0.4 is 0 Å². The fourth-order valence-electron chi connectivity index (χ4n) is 2.89. The number of carbonyl (C=O) groups is 1. The molecule has 0 bridgehead atoms. The molecule has 24 heavy (non-hydrogen) atoms. The lowest BCUT2D eigenvalue weighted by Gasteiger charge is -2.47. The number of hydrogen-bond acceptors (Lipinski definition) is 4. The van der Waals surface area contributed by atoms with E-state index in [9.17, 15) is 4.79 Å². The molecule has 5 nitrogen and oxygen atoms in total. The first-order valence-corrected chi connectivity index (χ1v) is 8.70. The maximum atomic E-state index is 12.3. The van der Waals surface area contributed by atoms with Gasteiger partial charge in [-0.3, -0.25) is 4.90 Å². The second-order valence-corrected chi connectivity index (χ2v) is 8.45. The Labute approximate surface area is 149 Å². The van der Waals surface area contributed by atoms with Gasteiger partial charge in [0.15, 0.2) is 0 Å². The van der Waals surface area contributed by atoms with Crippen molar-refractivity contribution in [3.8, 4) is 0 Å². The molecule has 134 valence electrons. The molecule has 1 fully saturated rings. The molecular formula is C18H28ClN3O2. The molecule has 6 heteroatoms. The minimum atomic E-state index is -0.467. The molecule has 0 aromatic carbocycles. The smallest absolute Gasteiger partial charge is 0.410 e. The van der Waals surface area contributed by atoms with Crippen LogP contribution in [0.15, 0.2) is 12.3 Å². The highest BCUT2D eigenvalue weighted by atomic mass is 35.5. The lowest BCUT2D eigenvalue weighted by molar-refractivity contribution is -0.0178. The van der Waals surface area contributed by atoms with Gasteiger partial charge in [0.1, 0.15) is 10.8 Å². The first-order valence-electron chi connectivity index (χ1n) is 8.32. The Morgan fingerprint density at radius 2 is 2.04 bits per heavy atom. The zero-order chi connectivity index (χ0) is 18.1. The summed E-state index contributed by atoms with van der Waals surface area (Å²) in [5.41, 5.74) is 1.52. The Morgan fingerprint density at radius 3 is 2.58 bits per heavy atom. The summed E-state index contributed by atoms with van der Waals surface area (Å²) in [4.78, 5) is 20.7. The van der Waals surface area contributed by atoms with Gasteiger partial charge in [0.05, 0.1) is 0 Å². The van der Waals surface area contributed by atoms with Crippen LogP contribution in [0.25, 0.3) is 0 Å². The van der Waals surface area contributed by atoms with Gasteiger partial charge in [-0.25, -0.2) is 9.78 Å². The predicted octanol–water partition coefficient (Wildman–Crippen LogP) is 3.87. The summed E-state index contributed by atoms with van der Waals surface area (Å²) in [5, 5.41) is 0.549. The van der Waals surface area contributed by atoms with Crippen molar-refractivity contribution in [1.29, 1.82) is 0 Å². The molecule has 1 aliphatic heterocycles. The number of nitrogens with zero attached hydrogens (tertiary/aromatic N) is 3. The molecule has 0 radical (unpaired) electrons. The van der Waals surface area contributed by atoms with E-state index < -0.39 is 5.60 Å². The Hall–Kier alpha value is -1.33. The maximum absolute atomic E-state index is 12.3. The maximum Gasteiger partial charge on any atom is 0.410 e. The van der Waals surface area contributed by atoms with Crippen LogP contribution >= 0.6 is 11.6 Å². The van der Waals surface area contributed by atoms with Crippen molar-refractivity contribution >= 4 is 17.7 Å². The zero-order valence-corrected chi connectivity index (χ0v) is 16.3. The molecule has 0 unspecified atom stereocenters. The molecule has 2 heterocycles. The highest BCUT2D eigenvalue weighted by Crippen LogP contribution is 2.25. The number of rotatable bonds is 2. The Bertz CT molecular complexity index is 611. The van der Waals surface area contributed by atoms with E-state index in [2.05, 4.69) is 29.8 Å². The van der Waals surface area contributed by atoms with Crippen LogP contribution in [-0.2, 0) is 11.3 Å². The standard InChI is InChI=1S/C18H28ClN3O2/c1-13-9-14(10-20-15(13)19)11-22-8-7-21(12-18(22,5)6)16(23)24-17(2,3)4/h9-10H,7-8,11-12H2,1-6H3. The van der Waals surface area contributed by atoms with Gasteiger partial charge < -0.3 is 9.64 Å². The van der Waals surface area contributed by atoms with Crippen molar-refractivity contribution in [3.63, 3.8) is 0 Å². The fourth-order valence-corrected chi connectivity index (χ4v) is 2.99. The second kappa shape index (κ2) is 6.89. The minimum Gasteiger partial charge on any atom is -0.444 e. The van der Waals surface area contributed by atoms with E-state index in [0.29, 0.717) is 18.2 Å². The topological polar surface area (TPSA) is 45.7 Å². The van der Waals surface area contributed by atoms with E-state index in [1.165, 1.54) is 0 Å². The van der Waals surface area contributed by atoms with Gasteiger partial charge in [0.25, 0.3) is 0 Å². The Kier molecular flexibility index (Phi) is 5.45. The van der Waals surface area contributed by atoms with Crippen molar-refractivity contribution < 1.29 is 9.53 Å². The van der Waals surface area contributed by atoms with Gasteiger partial charge in [-0.1, -0.05) is 17.7 Å². The number of amides is 1. The Balaban J connectivity index is 2.03. The number of piperazine rings is 1. The highest BCUT2D eigenvalue weighted by molar-refractivity contribution is 6.30. The number of carbonyl (C=O) groups excluding carboxylic acids is 1. The third kappa shape index (κ3) is 4.84. The lowest BCUT2D eigenvalue weighted by atomic mass is 9.98. The minimum absolute atomic E-state index is 0.136. The molecule has 1 aromatic rings. The van der Waals surface area contributed by atoms with E-state index in [0.717, 1.165) is 24.2 Å². The molecule has 0 saturated carbocycles. The van der Waals surface area contributed by atoms with E-state index in [1.807, 2.05) is 33.9 Å². The molecule has 2 rings (SSSR count). The van der Waals surface area contributed by atoms with Gasteiger partial charge in [0.2, 0.25) is 0 Å². The highest BCUT2D eigenvalue weighted by Gasteiger charge is 2.37. The van der Waals surface area contributed by atoms with Crippen LogP contribution in [0.5, 0.6) is 0 Å². The first kappa shape index (κ1) is 19.0. The van der Waals surface area contributed by atoms with Crippen molar-refractivity contribution in [2.24, 2.45) is 0 Å².